The summed E-state index contributed by atoms with van der Waals surface area (Å²) < 4.78 is 15.5. The lowest BCUT2D eigenvalue weighted by atomic mass is 10.1. The first-order valence-corrected chi connectivity index (χ1v) is 8.63. The van der Waals surface area contributed by atoms with Crippen molar-refractivity contribution in [3.63, 3.8) is 0 Å². The van der Waals surface area contributed by atoms with Gasteiger partial charge in [-0.05, 0) is 23.6 Å². The average Bonchev–Trinajstić information content (AvgIpc) is 2.68. The highest BCUT2D eigenvalue weighted by Crippen LogP contribution is 2.24. The van der Waals surface area contributed by atoms with Gasteiger partial charge in [0.2, 0.25) is 0 Å². The third kappa shape index (κ3) is 6.69. The van der Waals surface area contributed by atoms with Gasteiger partial charge in [-0.2, -0.15) is 0 Å². The fraction of sp³-hybridized carbons (Fsp3) is 0.238. The molecule has 0 saturated heterocycles. The summed E-state index contributed by atoms with van der Waals surface area (Å²) in [7, 11) is 1.63. The number of ether oxygens (including phenoxy) is 3. The highest BCUT2D eigenvalue weighted by atomic mass is 16.5. The van der Waals surface area contributed by atoms with Gasteiger partial charge in [-0.3, -0.25) is 0 Å². The van der Waals surface area contributed by atoms with Crippen molar-refractivity contribution in [2.24, 2.45) is 0 Å². The summed E-state index contributed by atoms with van der Waals surface area (Å²) >= 11 is 0. The lowest BCUT2D eigenvalue weighted by molar-refractivity contribution is 0.0545. The summed E-state index contributed by atoms with van der Waals surface area (Å²) in [5, 5.41) is 11.4. The van der Waals surface area contributed by atoms with Gasteiger partial charge in [0.1, 0.15) is 18.1 Å². The summed E-state index contributed by atoms with van der Waals surface area (Å²) in [6.07, 6.45) is 0. The number of rotatable bonds is 7. The molecule has 3 aromatic carbocycles. The molecule has 0 aliphatic rings. The Balaban J connectivity index is 0.000000206. The van der Waals surface area contributed by atoms with Gasteiger partial charge >= 0.3 is 0 Å². The van der Waals surface area contributed by atoms with Crippen molar-refractivity contribution in [3.8, 4) is 11.5 Å². The Hall–Kier alpha value is -2.96. The van der Waals surface area contributed by atoms with Crippen LogP contribution < -0.4 is 16.2 Å². The normalized spacial score (nSPS) is 10.3. The number of hydrogen-bond acceptors (Lipinski definition) is 6. The maximum Gasteiger partial charge on any atom is 0.144 e. The molecule has 6 heteroatoms. The van der Waals surface area contributed by atoms with E-state index >= 15 is 0 Å². The molecule has 0 spiro atoms. The number of hydrogen-bond donors (Lipinski definition) is 3. The lowest BCUT2D eigenvalue weighted by Crippen LogP contribution is -2.10. The molecule has 0 aliphatic carbocycles. The monoisotopic (exact) mass is 370 g/mol. The van der Waals surface area contributed by atoms with E-state index in [1.54, 1.807) is 31.4 Å². The predicted molar refractivity (Wildman–Crippen MR) is 109 cm³/mol. The molecular weight excluding hydrogens is 344 g/mol. The molecule has 27 heavy (non-hydrogen) atoms. The van der Waals surface area contributed by atoms with E-state index in [0.717, 1.165) is 10.8 Å². The number of phenolic OH excluding ortho intramolecular Hbond substituents is 1. The number of benzene rings is 3. The van der Waals surface area contributed by atoms with E-state index in [1.165, 1.54) is 0 Å². The van der Waals surface area contributed by atoms with E-state index < -0.39 is 0 Å². The molecule has 0 saturated carbocycles. The van der Waals surface area contributed by atoms with Crippen molar-refractivity contribution in [1.29, 1.82) is 0 Å². The maximum absolute atomic E-state index is 9.37. The van der Waals surface area contributed by atoms with E-state index in [4.69, 9.17) is 25.7 Å². The molecule has 144 valence electrons. The minimum Gasteiger partial charge on any atom is -0.507 e. The second kappa shape index (κ2) is 10.9. The number of phenols is 1. The third-order valence-corrected chi connectivity index (χ3v) is 3.72. The van der Waals surface area contributed by atoms with Crippen LogP contribution in [-0.4, -0.2) is 38.6 Å². The van der Waals surface area contributed by atoms with Crippen molar-refractivity contribution >= 4 is 22.1 Å². The molecule has 3 aromatic rings. The molecule has 3 rings (SSSR count). The van der Waals surface area contributed by atoms with Gasteiger partial charge in [0.15, 0.2) is 0 Å². The number of nitrogens with two attached hydrogens (primary N) is 2. The Morgan fingerprint density at radius 2 is 1.59 bits per heavy atom. The Bertz CT molecular complexity index is 834. The van der Waals surface area contributed by atoms with Crippen molar-refractivity contribution in [3.05, 3.63) is 60.7 Å². The highest BCUT2D eigenvalue weighted by Gasteiger charge is 2.00. The van der Waals surface area contributed by atoms with Crippen LogP contribution in [0.1, 0.15) is 0 Å². The first-order chi connectivity index (χ1) is 13.1. The van der Waals surface area contributed by atoms with E-state index in [1.807, 2.05) is 36.4 Å². The second-order valence-electron chi connectivity index (χ2n) is 5.75. The summed E-state index contributed by atoms with van der Waals surface area (Å²) in [5.74, 6) is 0.943. The molecule has 0 unspecified atom stereocenters. The Morgan fingerprint density at radius 1 is 0.852 bits per heavy atom. The fourth-order valence-corrected chi connectivity index (χ4v) is 2.34. The number of methoxy groups -OCH3 is 1. The summed E-state index contributed by atoms with van der Waals surface area (Å²) in [6.45, 7) is 2.08. The van der Waals surface area contributed by atoms with Gasteiger partial charge in [0.25, 0.3) is 0 Å². The third-order valence-electron chi connectivity index (χ3n) is 3.72. The lowest BCUT2D eigenvalue weighted by Gasteiger charge is -2.09. The molecule has 0 radical (unpaired) electrons. The van der Waals surface area contributed by atoms with Crippen LogP contribution in [0.5, 0.6) is 11.5 Å². The number of fused-ring (bicyclic) bond motifs is 1. The standard InChI is InChI=1S/C11H18N2O3.C10H8O/c1-14-4-5-15-6-7-16-11-8-9(12)2-3-10(11)13;11-10-7-3-5-8-4-1-2-6-9(8)10/h2-3,8H,4-7,12-13H2,1H3;1-7,11H. The average molecular weight is 370 g/mol. The molecule has 6 nitrogen and oxygen atoms in total. The molecule has 0 aliphatic heterocycles. The zero-order valence-electron chi connectivity index (χ0n) is 15.4. The number of nitrogen functional groups attached to an aromatic ring is 2. The van der Waals surface area contributed by atoms with E-state index in [0.29, 0.717) is 49.3 Å². The summed E-state index contributed by atoms with van der Waals surface area (Å²) in [6, 6.07) is 18.4. The Labute approximate surface area is 159 Å². The largest absolute Gasteiger partial charge is 0.507 e. The highest BCUT2D eigenvalue weighted by molar-refractivity contribution is 5.87. The number of aromatic hydroxyl groups is 1. The fourth-order valence-electron chi connectivity index (χ4n) is 2.34. The molecule has 0 bridgehead atoms. The van der Waals surface area contributed by atoms with E-state index in [2.05, 4.69) is 0 Å². The first kappa shape index (κ1) is 20.4. The minimum atomic E-state index is 0.350. The van der Waals surface area contributed by atoms with Crippen molar-refractivity contribution in [2.45, 2.75) is 0 Å². The van der Waals surface area contributed by atoms with Crippen molar-refractivity contribution < 1.29 is 19.3 Å². The van der Waals surface area contributed by atoms with Gasteiger partial charge in [-0.1, -0.05) is 36.4 Å². The van der Waals surface area contributed by atoms with Gasteiger partial charge in [0, 0.05) is 24.2 Å². The van der Waals surface area contributed by atoms with Crippen LogP contribution in [0, 0.1) is 0 Å². The van der Waals surface area contributed by atoms with Crippen LogP contribution in [0.3, 0.4) is 0 Å². The first-order valence-electron chi connectivity index (χ1n) is 8.63. The summed E-state index contributed by atoms with van der Waals surface area (Å²) in [4.78, 5) is 0. The quantitative estimate of drug-likeness (QED) is 0.435. The summed E-state index contributed by atoms with van der Waals surface area (Å²) in [5.41, 5.74) is 12.5. The molecule has 0 aromatic heterocycles. The maximum atomic E-state index is 9.37. The van der Waals surface area contributed by atoms with Crippen LogP contribution in [0.4, 0.5) is 11.4 Å². The molecule has 0 heterocycles. The molecular formula is C21H26N2O4. The van der Waals surface area contributed by atoms with Crippen LogP contribution in [0.25, 0.3) is 10.8 Å². The molecule has 0 amide bonds. The van der Waals surface area contributed by atoms with Gasteiger partial charge in [0.05, 0.1) is 25.5 Å². The van der Waals surface area contributed by atoms with Gasteiger partial charge in [-0.25, -0.2) is 0 Å². The van der Waals surface area contributed by atoms with Crippen LogP contribution >= 0.6 is 0 Å². The molecule has 0 atom stereocenters. The van der Waals surface area contributed by atoms with Crippen LogP contribution in [-0.2, 0) is 9.47 Å². The predicted octanol–water partition coefficient (Wildman–Crippen LogP) is 3.44. The van der Waals surface area contributed by atoms with Crippen LogP contribution in [0.2, 0.25) is 0 Å². The Kier molecular flexibility index (Phi) is 8.22. The minimum absolute atomic E-state index is 0.350. The zero-order chi connectivity index (χ0) is 19.5. The smallest absolute Gasteiger partial charge is 0.144 e. The second-order valence-corrected chi connectivity index (χ2v) is 5.75. The zero-order valence-corrected chi connectivity index (χ0v) is 15.4. The Morgan fingerprint density at radius 3 is 2.37 bits per heavy atom. The molecule has 0 fully saturated rings. The topological polar surface area (TPSA) is 100.0 Å². The number of anilines is 2. The van der Waals surface area contributed by atoms with Crippen molar-refractivity contribution in [2.75, 3.05) is 45.0 Å². The SMILES string of the molecule is COCCOCCOc1cc(N)ccc1N.Oc1cccc2ccccc12. The van der Waals surface area contributed by atoms with Crippen LogP contribution in [0.15, 0.2) is 60.7 Å². The molecule has 5 N–H and O–H groups in total. The van der Waals surface area contributed by atoms with E-state index in [-0.39, 0.29) is 0 Å². The van der Waals surface area contributed by atoms with Gasteiger partial charge in [-0.15, -0.1) is 0 Å². The van der Waals surface area contributed by atoms with Crippen molar-refractivity contribution in [1.82, 2.24) is 0 Å². The van der Waals surface area contributed by atoms with Gasteiger partial charge < -0.3 is 30.8 Å². The van der Waals surface area contributed by atoms with E-state index in [9.17, 15) is 5.11 Å².